The lowest BCUT2D eigenvalue weighted by molar-refractivity contribution is -0.179. The number of carboxylic acids is 1. The Hall–Kier alpha value is -2.20. The third-order valence-corrected chi connectivity index (χ3v) is 5.52. The molecular weight excluding hydrogens is 352 g/mol. The molecule has 1 heterocycles. The normalized spacial score (nSPS) is 29.9. The Balaban J connectivity index is 1.73. The first-order chi connectivity index (χ1) is 12.7. The van der Waals surface area contributed by atoms with E-state index in [1.165, 1.54) is 6.92 Å². The van der Waals surface area contributed by atoms with Gasteiger partial charge in [0.25, 0.3) is 0 Å². The van der Waals surface area contributed by atoms with E-state index in [1.807, 2.05) is 6.07 Å². The summed E-state index contributed by atoms with van der Waals surface area (Å²) < 4.78 is 5.83. The van der Waals surface area contributed by atoms with Crippen LogP contribution in [0.2, 0.25) is 0 Å². The smallest absolute Gasteiger partial charge is 0.341 e. The lowest BCUT2D eigenvalue weighted by Crippen LogP contribution is -2.54. The van der Waals surface area contributed by atoms with E-state index in [-0.39, 0.29) is 12.6 Å². The summed E-state index contributed by atoms with van der Waals surface area (Å²) in [7, 11) is 0. The van der Waals surface area contributed by atoms with E-state index in [2.05, 4.69) is 4.99 Å². The molecule has 0 unspecified atom stereocenters. The quantitative estimate of drug-likeness (QED) is 0.255. The Morgan fingerprint density at radius 3 is 2.78 bits per heavy atom. The van der Waals surface area contributed by atoms with Crippen LogP contribution in [-0.4, -0.2) is 51.9 Å². The Bertz CT molecular complexity index is 762. The molecule has 1 aliphatic carbocycles. The molecule has 3 rings (SSSR count). The summed E-state index contributed by atoms with van der Waals surface area (Å²) >= 11 is 0. The fraction of sp³-hybridized carbons (Fsp3) is 0.556. The number of aryl methyl sites for hydroxylation is 1. The van der Waals surface area contributed by atoms with E-state index in [0.29, 0.717) is 37.3 Å². The number of rotatable bonds is 6. The molecule has 0 amide bonds. The third kappa shape index (κ3) is 3.63. The second-order valence-electron chi connectivity index (χ2n) is 7.50. The number of carbonyl (C=O) groups is 1. The van der Waals surface area contributed by atoms with Crippen LogP contribution in [0.5, 0.6) is 5.75 Å². The minimum Gasteiger partial charge on any atom is -0.486 e. The molecule has 0 radical (unpaired) electrons. The average molecular weight is 378 g/mol. The van der Waals surface area contributed by atoms with Crippen LogP contribution in [0.3, 0.4) is 0 Å². The second kappa shape index (κ2) is 7.08. The highest BCUT2D eigenvalue weighted by Crippen LogP contribution is 2.35. The summed E-state index contributed by atoms with van der Waals surface area (Å²) in [5.74, 6) is 4.99. The molecule has 9 nitrogen and oxygen atoms in total. The summed E-state index contributed by atoms with van der Waals surface area (Å²) in [5.41, 5.74) is 10.9. The van der Waals surface area contributed by atoms with Gasteiger partial charge >= 0.3 is 5.97 Å². The van der Waals surface area contributed by atoms with Crippen molar-refractivity contribution in [1.29, 1.82) is 0 Å². The highest BCUT2D eigenvalue weighted by atomic mass is 16.7. The first kappa shape index (κ1) is 19.6. The summed E-state index contributed by atoms with van der Waals surface area (Å²) in [6, 6.07) is 5.37. The predicted octanol–water partition coefficient (Wildman–Crippen LogP) is -0.329. The van der Waals surface area contributed by atoms with Crippen molar-refractivity contribution in [1.82, 2.24) is 0 Å². The molecule has 1 saturated carbocycles. The van der Waals surface area contributed by atoms with Crippen molar-refractivity contribution < 1.29 is 24.6 Å². The lowest BCUT2D eigenvalue weighted by atomic mass is 9.76. The number of carboxylic acid groups (broad SMARTS) is 1. The zero-order chi connectivity index (χ0) is 19.8. The Morgan fingerprint density at radius 1 is 1.48 bits per heavy atom. The van der Waals surface area contributed by atoms with Crippen molar-refractivity contribution in [2.24, 2.45) is 22.4 Å². The maximum Gasteiger partial charge on any atom is 0.341 e. The fourth-order valence-corrected chi connectivity index (χ4v) is 3.55. The van der Waals surface area contributed by atoms with Gasteiger partial charge in [-0.3, -0.25) is 9.83 Å². The van der Waals surface area contributed by atoms with E-state index in [1.54, 1.807) is 12.1 Å². The standard InChI is InChI=1S/C18H26N4O5/c1-17(27-21,16(23)24)14-5-3-10-6-11(2-4-13(10)26-14)15(20)22-12-7-18(25,8-12)9-19/h2,4,6,12,14,25H,3,5,7-9,19,21H2,1H3,(H2,20,22)(H,23,24)/t12?,14-,17+,18?/m1/s1. The second-order valence-corrected chi connectivity index (χ2v) is 7.50. The number of aliphatic imine (C=N–C) groups is 1. The SMILES string of the molecule is C[C@@](ON)(C(=O)O)[C@H]1CCc2cc(C(N)=NC3CC(O)(CN)C3)ccc2O1. The van der Waals surface area contributed by atoms with Crippen molar-refractivity contribution in [3.8, 4) is 5.75 Å². The third-order valence-electron chi connectivity index (χ3n) is 5.52. The number of nitrogens with two attached hydrogens (primary N) is 3. The molecule has 0 saturated heterocycles. The Kier molecular flexibility index (Phi) is 5.13. The van der Waals surface area contributed by atoms with Gasteiger partial charge < -0.3 is 26.4 Å². The van der Waals surface area contributed by atoms with Crippen molar-refractivity contribution in [3.05, 3.63) is 29.3 Å². The average Bonchev–Trinajstić information content (AvgIpc) is 2.64. The molecule has 0 aromatic heterocycles. The minimum atomic E-state index is -1.62. The topological polar surface area (TPSA) is 166 Å². The first-order valence-electron chi connectivity index (χ1n) is 8.88. The van der Waals surface area contributed by atoms with Gasteiger partial charge in [0.15, 0.2) is 0 Å². The van der Waals surface area contributed by atoms with Gasteiger partial charge in [-0.25, -0.2) is 10.7 Å². The number of amidine groups is 1. The Morgan fingerprint density at radius 2 is 2.19 bits per heavy atom. The van der Waals surface area contributed by atoms with E-state index >= 15 is 0 Å². The number of nitrogens with zero attached hydrogens (tertiary/aromatic N) is 1. The number of hydrogen-bond acceptors (Lipinski definition) is 7. The molecule has 0 bridgehead atoms. The fourth-order valence-electron chi connectivity index (χ4n) is 3.55. The van der Waals surface area contributed by atoms with Gasteiger partial charge in [-0.15, -0.1) is 0 Å². The van der Waals surface area contributed by atoms with Crippen LogP contribution < -0.4 is 22.1 Å². The molecule has 1 aromatic carbocycles. The van der Waals surface area contributed by atoms with Crippen LogP contribution in [0.4, 0.5) is 0 Å². The highest BCUT2D eigenvalue weighted by Gasteiger charge is 2.46. The molecule has 1 aliphatic heterocycles. The summed E-state index contributed by atoms with van der Waals surface area (Å²) in [6.07, 6.45) is 1.36. The van der Waals surface area contributed by atoms with Crippen molar-refractivity contribution >= 4 is 11.8 Å². The van der Waals surface area contributed by atoms with Gasteiger partial charge in [-0.2, -0.15) is 0 Å². The summed E-state index contributed by atoms with van der Waals surface area (Å²) in [6.45, 7) is 1.61. The zero-order valence-corrected chi connectivity index (χ0v) is 15.2. The van der Waals surface area contributed by atoms with Crippen LogP contribution in [-0.2, 0) is 16.1 Å². The predicted molar refractivity (Wildman–Crippen MR) is 98.2 cm³/mol. The molecule has 1 aromatic rings. The van der Waals surface area contributed by atoms with Crippen LogP contribution in [0, 0.1) is 0 Å². The minimum absolute atomic E-state index is 0.0341. The van der Waals surface area contributed by atoms with Crippen molar-refractivity contribution in [3.63, 3.8) is 0 Å². The monoisotopic (exact) mass is 378 g/mol. The molecule has 2 aliphatic rings. The molecule has 0 spiro atoms. The maximum absolute atomic E-state index is 11.5. The molecular formula is C18H26N4O5. The van der Waals surface area contributed by atoms with Crippen molar-refractivity contribution in [2.75, 3.05) is 6.54 Å². The summed E-state index contributed by atoms with van der Waals surface area (Å²) in [5, 5.41) is 19.3. The number of aliphatic hydroxyl groups is 1. The zero-order valence-electron chi connectivity index (χ0n) is 15.2. The molecule has 1 fully saturated rings. The highest BCUT2D eigenvalue weighted by molar-refractivity contribution is 5.98. The molecule has 2 atom stereocenters. The van der Waals surface area contributed by atoms with Crippen LogP contribution in [0.15, 0.2) is 23.2 Å². The van der Waals surface area contributed by atoms with Crippen LogP contribution >= 0.6 is 0 Å². The maximum atomic E-state index is 11.5. The molecule has 8 N–H and O–H groups in total. The summed E-state index contributed by atoms with van der Waals surface area (Å²) in [4.78, 5) is 20.6. The Labute approximate surface area is 157 Å². The molecule has 148 valence electrons. The first-order valence-corrected chi connectivity index (χ1v) is 8.88. The molecule has 27 heavy (non-hydrogen) atoms. The van der Waals surface area contributed by atoms with Gasteiger partial charge in [0.2, 0.25) is 5.60 Å². The van der Waals surface area contributed by atoms with E-state index in [4.69, 9.17) is 26.9 Å². The number of aliphatic carboxylic acids is 1. The lowest BCUT2D eigenvalue weighted by Gasteiger charge is -2.40. The van der Waals surface area contributed by atoms with E-state index < -0.39 is 23.3 Å². The number of fused-ring (bicyclic) bond motifs is 1. The van der Waals surface area contributed by atoms with Crippen LogP contribution in [0.25, 0.3) is 0 Å². The van der Waals surface area contributed by atoms with Gasteiger partial charge in [0.05, 0.1) is 11.6 Å². The van der Waals surface area contributed by atoms with Crippen LogP contribution in [0.1, 0.15) is 37.3 Å². The largest absolute Gasteiger partial charge is 0.486 e. The van der Waals surface area contributed by atoms with Gasteiger partial charge in [0, 0.05) is 12.1 Å². The molecule has 9 heteroatoms. The van der Waals surface area contributed by atoms with Gasteiger partial charge in [-0.1, -0.05) is 0 Å². The van der Waals surface area contributed by atoms with Crippen molar-refractivity contribution in [2.45, 2.75) is 56.0 Å². The van der Waals surface area contributed by atoms with E-state index in [9.17, 15) is 15.0 Å². The number of benzene rings is 1. The van der Waals surface area contributed by atoms with E-state index in [0.717, 1.165) is 11.1 Å². The van der Waals surface area contributed by atoms with Gasteiger partial charge in [-0.05, 0) is 56.4 Å². The number of hydrogen-bond donors (Lipinski definition) is 5. The number of ether oxygens (including phenoxy) is 1. The van der Waals surface area contributed by atoms with Gasteiger partial charge in [0.1, 0.15) is 17.7 Å².